The topological polar surface area (TPSA) is 50.2 Å². The maximum absolute atomic E-state index is 12.8. The molecular formula is C44H60IrNO2S-. The van der Waals surface area contributed by atoms with Crippen molar-refractivity contribution in [3.05, 3.63) is 77.7 Å². The number of allylic oxidation sites excluding steroid dienone is 2. The van der Waals surface area contributed by atoms with E-state index in [1.807, 2.05) is 43.5 Å². The predicted octanol–water partition coefficient (Wildman–Crippen LogP) is 12.9. The number of carbonyl (C=O) groups is 1. The van der Waals surface area contributed by atoms with Crippen molar-refractivity contribution in [2.45, 2.75) is 121 Å². The number of nitrogens with zero attached hydrogens (tertiary/aromatic N) is 1. The van der Waals surface area contributed by atoms with Crippen molar-refractivity contribution in [3.63, 3.8) is 0 Å². The molecule has 2 aromatic carbocycles. The first-order valence-electron chi connectivity index (χ1n) is 18.0. The van der Waals surface area contributed by atoms with Gasteiger partial charge in [0.2, 0.25) is 0 Å². The molecule has 1 radical (unpaired) electrons. The van der Waals surface area contributed by atoms with Gasteiger partial charge in [-0.25, -0.2) is 0 Å². The van der Waals surface area contributed by atoms with Crippen molar-refractivity contribution in [2.24, 2.45) is 34.5 Å². The molecule has 0 saturated heterocycles. The fraction of sp³-hybridized carbons (Fsp3) is 0.545. The first-order valence-corrected chi connectivity index (χ1v) is 18.8. The molecule has 0 amide bonds. The summed E-state index contributed by atoms with van der Waals surface area (Å²) in [7, 11) is 0. The van der Waals surface area contributed by atoms with Crippen LogP contribution in [0.2, 0.25) is 0 Å². The van der Waals surface area contributed by atoms with Crippen LogP contribution < -0.4 is 0 Å². The van der Waals surface area contributed by atoms with Crippen molar-refractivity contribution >= 4 is 37.3 Å². The Morgan fingerprint density at radius 3 is 1.96 bits per heavy atom. The van der Waals surface area contributed by atoms with Crippen LogP contribution in [0.4, 0.5) is 0 Å². The summed E-state index contributed by atoms with van der Waals surface area (Å²) in [6, 6.07) is 18.4. The van der Waals surface area contributed by atoms with E-state index in [1.165, 1.54) is 44.7 Å². The molecule has 1 aliphatic rings. The fourth-order valence-electron chi connectivity index (χ4n) is 7.58. The molecule has 0 atom stereocenters. The van der Waals surface area contributed by atoms with E-state index in [-0.39, 0.29) is 71.6 Å². The molecule has 2 heterocycles. The second kappa shape index (κ2) is 15.1. The average molecular weight is 859 g/mol. The number of fused-ring (bicyclic) bond motifs is 5. The molecule has 0 unspecified atom stereocenters. The molecule has 4 aromatic rings. The number of thiophene rings is 1. The normalized spacial score (nSPS) is 16.2. The summed E-state index contributed by atoms with van der Waals surface area (Å²) in [5.41, 5.74) is 4.83. The molecule has 0 aliphatic heterocycles. The van der Waals surface area contributed by atoms with Crippen LogP contribution in [0.5, 0.6) is 0 Å². The van der Waals surface area contributed by atoms with E-state index in [0.29, 0.717) is 0 Å². The van der Waals surface area contributed by atoms with Gasteiger partial charge in [-0.1, -0.05) is 109 Å². The quantitative estimate of drug-likeness (QED) is 0.109. The Morgan fingerprint density at radius 1 is 0.857 bits per heavy atom. The van der Waals surface area contributed by atoms with Crippen molar-refractivity contribution < 1.29 is 30.0 Å². The van der Waals surface area contributed by atoms with Crippen LogP contribution in [-0.2, 0) is 35.7 Å². The molecule has 3 nitrogen and oxygen atoms in total. The molecule has 49 heavy (non-hydrogen) atoms. The molecular weight excluding hydrogens is 799 g/mol. The zero-order valence-corrected chi connectivity index (χ0v) is 35.7. The molecule has 0 saturated carbocycles. The second-order valence-electron chi connectivity index (χ2n) is 17.1. The molecule has 0 fully saturated rings. The first-order chi connectivity index (χ1) is 22.2. The smallest absolute Gasteiger partial charge is 0.165 e. The maximum Gasteiger partial charge on any atom is 0.165 e. The zero-order valence-electron chi connectivity index (χ0n) is 32.5. The summed E-state index contributed by atoms with van der Waals surface area (Å²) >= 11 is 1.93. The van der Waals surface area contributed by atoms with Gasteiger partial charge < -0.3 is 10.1 Å². The first kappa shape index (κ1) is 41.1. The van der Waals surface area contributed by atoms with E-state index in [9.17, 15) is 9.90 Å². The minimum Gasteiger partial charge on any atom is -0.512 e. The maximum atomic E-state index is 12.8. The summed E-state index contributed by atoms with van der Waals surface area (Å²) in [5.74, 6) is 1.27. The van der Waals surface area contributed by atoms with Gasteiger partial charge in [0, 0.05) is 52.6 Å². The van der Waals surface area contributed by atoms with Crippen LogP contribution >= 0.6 is 11.3 Å². The Kier molecular flexibility index (Phi) is 12.7. The van der Waals surface area contributed by atoms with Gasteiger partial charge in [-0.05, 0) is 81.0 Å². The van der Waals surface area contributed by atoms with Crippen LogP contribution in [0.15, 0.2) is 60.5 Å². The third-order valence-electron chi connectivity index (χ3n) is 12.4. The molecule has 0 spiro atoms. The Labute approximate surface area is 314 Å². The van der Waals surface area contributed by atoms with Gasteiger partial charge in [-0.2, -0.15) is 0 Å². The van der Waals surface area contributed by atoms with Crippen molar-refractivity contribution in [3.8, 4) is 11.3 Å². The number of hydrogen-bond donors (Lipinski definition) is 1. The van der Waals surface area contributed by atoms with Gasteiger partial charge in [-0.3, -0.25) is 4.79 Å². The summed E-state index contributed by atoms with van der Waals surface area (Å²) in [6.07, 6.45) is 5.92. The van der Waals surface area contributed by atoms with Crippen molar-refractivity contribution in [2.75, 3.05) is 0 Å². The van der Waals surface area contributed by atoms with Crippen molar-refractivity contribution in [1.29, 1.82) is 0 Å². The summed E-state index contributed by atoms with van der Waals surface area (Å²) < 4.78 is 2.77. The van der Waals surface area contributed by atoms with Crippen LogP contribution in [0.3, 0.4) is 0 Å². The van der Waals surface area contributed by atoms with Crippen LogP contribution in [0.25, 0.3) is 31.4 Å². The zero-order chi connectivity index (χ0) is 36.0. The minimum atomic E-state index is -0.442. The number of aliphatic hydroxyl groups excluding tert-OH is 1. The molecule has 2 aromatic heterocycles. The van der Waals surface area contributed by atoms with Crippen LogP contribution in [-0.4, -0.2) is 15.9 Å². The summed E-state index contributed by atoms with van der Waals surface area (Å²) in [6.45, 7) is 30.4. The number of ketones is 1. The van der Waals surface area contributed by atoms with E-state index in [1.54, 1.807) is 5.56 Å². The third-order valence-corrected chi connectivity index (χ3v) is 13.6. The van der Waals surface area contributed by atoms with Gasteiger partial charge in [-0.15, -0.1) is 47.2 Å². The number of rotatable bonds is 8. The van der Waals surface area contributed by atoms with Gasteiger partial charge in [0.05, 0.1) is 0 Å². The molecule has 5 rings (SSSR count). The van der Waals surface area contributed by atoms with Gasteiger partial charge in [0.25, 0.3) is 0 Å². The Balaban J connectivity index is 0.000000271. The van der Waals surface area contributed by atoms with E-state index >= 15 is 0 Å². The molecule has 269 valence electrons. The van der Waals surface area contributed by atoms with Crippen molar-refractivity contribution in [1.82, 2.24) is 4.98 Å². The SMILES string of the molecule is CC(C)C(C)(C(=O)/C=C(\O)C(C)(C(C)C)C(C)C)C(C)C.CC1(C)CCC(C)(C)c2c1ccc1c2sc2ccnc(-c3[c-]cccc3)c21.[Ir]. The third kappa shape index (κ3) is 7.51. The fourth-order valence-corrected chi connectivity index (χ4v) is 9.01. The van der Waals surface area contributed by atoms with E-state index in [4.69, 9.17) is 4.98 Å². The van der Waals surface area contributed by atoms with Crippen LogP contribution in [0.1, 0.15) is 121 Å². The summed E-state index contributed by atoms with van der Waals surface area (Å²) in [4.78, 5) is 17.6. The minimum absolute atomic E-state index is 0. The predicted molar refractivity (Wildman–Crippen MR) is 208 cm³/mol. The number of aliphatic hydroxyl groups is 1. The Hall–Kier alpha value is -2.33. The van der Waals surface area contributed by atoms with E-state index < -0.39 is 5.41 Å². The number of benzene rings is 2. The second-order valence-corrected chi connectivity index (χ2v) is 18.2. The number of pyridine rings is 1. The standard InChI is InChI=1S/C25H24NS.C19H36O2.Ir/c1-24(2)13-14-25(3,4)21-18(24)11-10-17-20-19(27-23(17)21)12-15-26-22(20)16-8-6-5-7-9-16;1-12(2)18(9,13(3)4)16(20)11-17(21)19(10,14(5)6)15(7)8;/h5-8,10-12,15H,13-14H2,1-4H3;11-15,20H,1-10H3;/q-1;;/b;16-11-;. The summed E-state index contributed by atoms with van der Waals surface area (Å²) in [5, 5.41) is 13.3. The molecule has 1 N–H and O–H groups in total. The molecule has 0 bridgehead atoms. The van der Waals surface area contributed by atoms with E-state index in [2.05, 4.69) is 119 Å². The Morgan fingerprint density at radius 2 is 1.43 bits per heavy atom. The average Bonchev–Trinajstić information content (AvgIpc) is 3.41. The molecule has 1 aliphatic carbocycles. The monoisotopic (exact) mass is 859 g/mol. The van der Waals surface area contributed by atoms with Gasteiger partial charge >= 0.3 is 0 Å². The Bertz CT molecular complexity index is 1780. The number of carbonyl (C=O) groups excluding carboxylic acids is 1. The van der Waals surface area contributed by atoms with Crippen LogP contribution in [0, 0.1) is 40.6 Å². The van der Waals surface area contributed by atoms with E-state index in [0.717, 1.165) is 11.3 Å². The number of aromatic nitrogens is 1. The largest absolute Gasteiger partial charge is 0.512 e. The molecule has 5 heteroatoms. The van der Waals surface area contributed by atoms with Gasteiger partial charge in [0.1, 0.15) is 5.76 Å². The number of hydrogen-bond acceptors (Lipinski definition) is 4. The van der Waals surface area contributed by atoms with Gasteiger partial charge in [0.15, 0.2) is 5.78 Å².